The van der Waals surface area contributed by atoms with Gasteiger partial charge in [-0.3, -0.25) is 4.79 Å². The molecule has 1 atom stereocenters. The lowest BCUT2D eigenvalue weighted by Gasteiger charge is -2.16. The minimum Gasteiger partial charge on any atom is -0.495 e. The Morgan fingerprint density at radius 1 is 1.23 bits per heavy atom. The summed E-state index contributed by atoms with van der Waals surface area (Å²) in [4.78, 5) is 12.6. The molecular weight excluding hydrogens is 276 g/mol. The molecule has 0 aromatic heterocycles. The van der Waals surface area contributed by atoms with Gasteiger partial charge in [-0.1, -0.05) is 37.3 Å². The van der Waals surface area contributed by atoms with Crippen LogP contribution in [-0.2, 0) is 6.54 Å². The van der Waals surface area contributed by atoms with Gasteiger partial charge in [0, 0.05) is 12.1 Å². The van der Waals surface area contributed by atoms with E-state index in [1.165, 1.54) is 0 Å². The summed E-state index contributed by atoms with van der Waals surface area (Å²) in [5, 5.41) is 3.31. The van der Waals surface area contributed by atoms with E-state index in [2.05, 4.69) is 5.32 Å². The van der Waals surface area contributed by atoms with E-state index in [0.717, 1.165) is 12.0 Å². The molecule has 0 aliphatic heterocycles. The normalized spacial score (nSPS) is 11.9. The van der Waals surface area contributed by atoms with Crippen molar-refractivity contribution in [1.82, 2.24) is 5.32 Å². The summed E-state index contributed by atoms with van der Waals surface area (Å²) in [5.41, 5.74) is 8.11. The average Bonchev–Trinajstić information content (AvgIpc) is 2.56. The number of nitrogen functional groups attached to an aromatic ring is 1. The van der Waals surface area contributed by atoms with Crippen LogP contribution in [0.1, 0.15) is 29.3 Å². The summed E-state index contributed by atoms with van der Waals surface area (Å²) >= 11 is 0. The zero-order chi connectivity index (χ0) is 15.9. The third-order valence-corrected chi connectivity index (χ3v) is 3.63. The number of carbonyl (C=O) groups is 1. The van der Waals surface area contributed by atoms with Gasteiger partial charge in [-0.05, 0) is 30.2 Å². The number of anilines is 1. The molecule has 2 aromatic carbocycles. The molecule has 2 aromatic rings. The van der Waals surface area contributed by atoms with Crippen LogP contribution >= 0.6 is 0 Å². The van der Waals surface area contributed by atoms with Crippen LogP contribution in [0.2, 0.25) is 0 Å². The van der Waals surface area contributed by atoms with Gasteiger partial charge in [0.15, 0.2) is 5.78 Å². The maximum atomic E-state index is 12.6. The van der Waals surface area contributed by atoms with Gasteiger partial charge in [-0.25, -0.2) is 0 Å². The quantitative estimate of drug-likeness (QED) is 0.609. The minimum absolute atomic E-state index is 0.0489. The standard InChI is InChI=1S/C18H22N2O2/c1-3-16(20-12-13-7-5-4-6-8-13)18(21)14-9-10-17(22-2)15(19)11-14/h4-11,16,20H,3,12,19H2,1-2H3. The Morgan fingerprint density at radius 3 is 2.55 bits per heavy atom. The van der Waals surface area contributed by atoms with Crippen molar-refractivity contribution in [3.63, 3.8) is 0 Å². The molecule has 4 heteroatoms. The lowest BCUT2D eigenvalue weighted by Crippen LogP contribution is -2.35. The van der Waals surface area contributed by atoms with Crippen LogP contribution in [0.15, 0.2) is 48.5 Å². The number of ketones is 1. The zero-order valence-electron chi connectivity index (χ0n) is 13.0. The van der Waals surface area contributed by atoms with Gasteiger partial charge in [-0.15, -0.1) is 0 Å². The summed E-state index contributed by atoms with van der Waals surface area (Å²) in [6.07, 6.45) is 0.720. The van der Waals surface area contributed by atoms with Crippen molar-refractivity contribution in [2.24, 2.45) is 0 Å². The number of benzene rings is 2. The van der Waals surface area contributed by atoms with Crippen LogP contribution in [0, 0.1) is 0 Å². The van der Waals surface area contributed by atoms with Gasteiger partial charge in [0.1, 0.15) is 5.75 Å². The monoisotopic (exact) mass is 298 g/mol. The molecule has 1 unspecified atom stereocenters. The number of carbonyl (C=O) groups excluding carboxylic acids is 1. The van der Waals surface area contributed by atoms with Gasteiger partial charge in [-0.2, -0.15) is 0 Å². The molecule has 0 heterocycles. The molecule has 3 N–H and O–H groups in total. The van der Waals surface area contributed by atoms with Crippen molar-refractivity contribution in [2.45, 2.75) is 25.9 Å². The number of Topliss-reactive ketones (excluding diaryl/α,β-unsaturated/α-hetero) is 1. The molecule has 0 spiro atoms. The first kappa shape index (κ1) is 16.0. The van der Waals surface area contributed by atoms with E-state index in [0.29, 0.717) is 23.5 Å². The lowest BCUT2D eigenvalue weighted by molar-refractivity contribution is 0.0939. The largest absolute Gasteiger partial charge is 0.495 e. The highest BCUT2D eigenvalue weighted by Crippen LogP contribution is 2.23. The zero-order valence-corrected chi connectivity index (χ0v) is 13.0. The Balaban J connectivity index is 2.06. The van der Waals surface area contributed by atoms with E-state index in [4.69, 9.17) is 10.5 Å². The first-order valence-corrected chi connectivity index (χ1v) is 7.40. The predicted octanol–water partition coefficient (Wildman–Crippen LogP) is 3.03. The van der Waals surface area contributed by atoms with Gasteiger partial charge >= 0.3 is 0 Å². The second-order valence-electron chi connectivity index (χ2n) is 5.15. The molecule has 2 rings (SSSR count). The van der Waals surface area contributed by atoms with E-state index in [-0.39, 0.29) is 11.8 Å². The van der Waals surface area contributed by atoms with Crippen molar-refractivity contribution in [1.29, 1.82) is 0 Å². The number of hydrogen-bond donors (Lipinski definition) is 2. The highest BCUT2D eigenvalue weighted by molar-refractivity contribution is 6.01. The summed E-state index contributed by atoms with van der Waals surface area (Å²) in [6, 6.07) is 15.0. The van der Waals surface area contributed by atoms with Crippen molar-refractivity contribution in [3.8, 4) is 5.75 Å². The number of hydrogen-bond acceptors (Lipinski definition) is 4. The Morgan fingerprint density at radius 2 is 1.95 bits per heavy atom. The molecule has 22 heavy (non-hydrogen) atoms. The third-order valence-electron chi connectivity index (χ3n) is 3.63. The maximum absolute atomic E-state index is 12.6. The molecule has 116 valence electrons. The highest BCUT2D eigenvalue weighted by atomic mass is 16.5. The topological polar surface area (TPSA) is 64.3 Å². The molecule has 0 saturated heterocycles. The number of methoxy groups -OCH3 is 1. The number of rotatable bonds is 7. The summed E-state index contributed by atoms with van der Waals surface area (Å²) in [7, 11) is 1.56. The molecule has 0 saturated carbocycles. The first-order chi connectivity index (χ1) is 10.7. The van der Waals surface area contributed by atoms with E-state index in [1.54, 1.807) is 25.3 Å². The van der Waals surface area contributed by atoms with E-state index < -0.39 is 0 Å². The molecular formula is C18H22N2O2. The summed E-state index contributed by atoms with van der Waals surface area (Å²) < 4.78 is 5.12. The number of nitrogens with two attached hydrogens (primary N) is 1. The van der Waals surface area contributed by atoms with Crippen LogP contribution in [0.25, 0.3) is 0 Å². The number of ether oxygens (including phenoxy) is 1. The molecule has 0 aliphatic carbocycles. The van der Waals surface area contributed by atoms with E-state index in [9.17, 15) is 4.79 Å². The van der Waals surface area contributed by atoms with Gasteiger partial charge in [0.05, 0.1) is 18.8 Å². The number of nitrogens with one attached hydrogen (secondary N) is 1. The summed E-state index contributed by atoms with van der Waals surface area (Å²) in [6.45, 7) is 2.66. The Hall–Kier alpha value is -2.33. The van der Waals surface area contributed by atoms with Crippen LogP contribution in [0.3, 0.4) is 0 Å². The van der Waals surface area contributed by atoms with Gasteiger partial charge < -0.3 is 15.8 Å². The minimum atomic E-state index is -0.229. The SMILES string of the molecule is CCC(NCc1ccccc1)C(=O)c1ccc(OC)c(N)c1. The molecule has 4 nitrogen and oxygen atoms in total. The molecule has 0 bridgehead atoms. The predicted molar refractivity (Wildman–Crippen MR) is 89.1 cm³/mol. The van der Waals surface area contributed by atoms with Crippen molar-refractivity contribution in [3.05, 3.63) is 59.7 Å². The smallest absolute Gasteiger partial charge is 0.179 e. The molecule has 0 aliphatic rings. The Kier molecular flexibility index (Phi) is 5.55. The van der Waals surface area contributed by atoms with Crippen molar-refractivity contribution >= 4 is 11.5 Å². The Labute approximate surface area is 131 Å². The lowest BCUT2D eigenvalue weighted by atomic mass is 10.0. The fourth-order valence-electron chi connectivity index (χ4n) is 2.35. The van der Waals surface area contributed by atoms with Crippen LogP contribution in [0.4, 0.5) is 5.69 Å². The first-order valence-electron chi connectivity index (χ1n) is 7.40. The van der Waals surface area contributed by atoms with E-state index in [1.807, 2.05) is 37.3 Å². The highest BCUT2D eigenvalue weighted by Gasteiger charge is 2.18. The molecule has 0 fully saturated rings. The second kappa shape index (κ2) is 7.61. The van der Waals surface area contributed by atoms with Crippen molar-refractivity contribution in [2.75, 3.05) is 12.8 Å². The molecule has 0 amide bonds. The summed E-state index contributed by atoms with van der Waals surface area (Å²) in [5.74, 6) is 0.634. The fourth-order valence-corrected chi connectivity index (χ4v) is 2.35. The fraction of sp³-hybridized carbons (Fsp3) is 0.278. The van der Waals surface area contributed by atoms with Crippen LogP contribution in [0.5, 0.6) is 5.75 Å². The van der Waals surface area contributed by atoms with Gasteiger partial charge in [0.2, 0.25) is 0 Å². The van der Waals surface area contributed by atoms with Crippen LogP contribution in [-0.4, -0.2) is 18.9 Å². The average molecular weight is 298 g/mol. The molecule has 0 radical (unpaired) electrons. The van der Waals surface area contributed by atoms with Crippen LogP contribution < -0.4 is 15.8 Å². The third kappa shape index (κ3) is 3.86. The maximum Gasteiger partial charge on any atom is 0.179 e. The van der Waals surface area contributed by atoms with E-state index >= 15 is 0 Å². The van der Waals surface area contributed by atoms with Crippen molar-refractivity contribution < 1.29 is 9.53 Å². The van der Waals surface area contributed by atoms with Gasteiger partial charge in [0.25, 0.3) is 0 Å². The second-order valence-corrected chi connectivity index (χ2v) is 5.15. The Bertz CT molecular complexity index is 626.